The predicted octanol–water partition coefficient (Wildman–Crippen LogP) is 4.11. The molecule has 2 N–H and O–H groups in total. The third-order valence-corrected chi connectivity index (χ3v) is 9.98. The molecule has 2 aliphatic carbocycles. The molecule has 2 aliphatic heterocycles. The highest BCUT2D eigenvalue weighted by Gasteiger charge is 2.76. The molecule has 6 atom stereocenters. The average molecular weight is 569 g/mol. The summed E-state index contributed by atoms with van der Waals surface area (Å²) >= 11 is 14.5. The Morgan fingerprint density at radius 1 is 1.05 bits per heavy atom. The maximum Gasteiger partial charge on any atom is 0.258 e. The Kier molecular flexibility index (Phi) is 5.79. The standard InChI is InChI=1S/C29H23Cl2FN2O5/c1-2-4-14-5-3-6-19(23(14)35)22-17-11-12-18-21(25(37)33-24(18)36)20(17)13-28(30)26(38)34(27(39)29(22,28)31)16-9-7-15(32)8-10-16/h2-3,5-11,18,20-22,35H,1,4,12-13H2,(H,33,36,37)/t18-,20+,21-,22+,28+,29-/m0/s1. The largest absolute Gasteiger partial charge is 0.507 e. The Bertz CT molecular complexity index is 1510. The number of alkyl halides is 2. The Labute approximate surface area is 233 Å². The molecule has 10 heteroatoms. The number of allylic oxidation sites excluding steroid dienone is 3. The van der Waals surface area contributed by atoms with Gasteiger partial charge in [-0.15, -0.1) is 29.8 Å². The van der Waals surface area contributed by atoms with Gasteiger partial charge in [-0.2, -0.15) is 0 Å². The fourth-order valence-corrected chi connectivity index (χ4v) is 7.75. The first-order valence-corrected chi connectivity index (χ1v) is 13.3. The van der Waals surface area contributed by atoms with Gasteiger partial charge in [-0.1, -0.05) is 35.9 Å². The second kappa shape index (κ2) is 8.76. The summed E-state index contributed by atoms with van der Waals surface area (Å²) in [4.78, 5) is 50.5. The van der Waals surface area contributed by atoms with Crippen LogP contribution in [0.4, 0.5) is 10.1 Å². The Hall–Kier alpha value is -3.49. The highest BCUT2D eigenvalue weighted by atomic mass is 35.5. The number of benzene rings is 2. The number of amides is 4. The zero-order chi connectivity index (χ0) is 27.9. The lowest BCUT2D eigenvalue weighted by atomic mass is 9.56. The van der Waals surface area contributed by atoms with Crippen molar-refractivity contribution >= 4 is 52.5 Å². The van der Waals surface area contributed by atoms with Crippen molar-refractivity contribution in [2.75, 3.05) is 4.90 Å². The van der Waals surface area contributed by atoms with Crippen LogP contribution in [-0.4, -0.2) is 38.5 Å². The van der Waals surface area contributed by atoms with Gasteiger partial charge in [0.1, 0.15) is 11.6 Å². The fourth-order valence-electron chi connectivity index (χ4n) is 6.82. The SMILES string of the molecule is C=CCc1cccc([C@H]2C3=CC[C@@H]4C(=O)NC(=O)[C@@H]4[C@@H]3C[C@@]3(Cl)C(=O)N(c4ccc(F)cc4)C(=O)[C@@]23Cl)c1O. The van der Waals surface area contributed by atoms with E-state index in [0.717, 1.165) is 17.0 Å². The van der Waals surface area contributed by atoms with Crippen LogP contribution in [0.5, 0.6) is 5.75 Å². The van der Waals surface area contributed by atoms with Gasteiger partial charge < -0.3 is 5.11 Å². The van der Waals surface area contributed by atoms with Crippen LogP contribution in [0.3, 0.4) is 0 Å². The van der Waals surface area contributed by atoms with E-state index in [0.29, 0.717) is 17.6 Å². The van der Waals surface area contributed by atoms with Gasteiger partial charge >= 0.3 is 0 Å². The number of carbonyl (C=O) groups is 4. The first-order chi connectivity index (χ1) is 18.5. The second-order valence-corrected chi connectivity index (χ2v) is 11.7. The molecule has 0 unspecified atom stereocenters. The lowest BCUT2D eigenvalue weighted by molar-refractivity contribution is -0.127. The van der Waals surface area contributed by atoms with Crippen LogP contribution in [0.25, 0.3) is 0 Å². The number of nitrogens with one attached hydrogen (secondary N) is 1. The maximum absolute atomic E-state index is 14.2. The summed E-state index contributed by atoms with van der Waals surface area (Å²) in [5, 5.41) is 13.7. The Balaban J connectivity index is 1.60. The van der Waals surface area contributed by atoms with Gasteiger partial charge in [-0.3, -0.25) is 24.5 Å². The summed E-state index contributed by atoms with van der Waals surface area (Å²) in [6.07, 6.45) is 3.77. The molecule has 2 aromatic rings. The molecule has 7 nitrogen and oxygen atoms in total. The Morgan fingerprint density at radius 3 is 2.46 bits per heavy atom. The number of fused-ring (bicyclic) bond motifs is 4. The highest BCUT2D eigenvalue weighted by Crippen LogP contribution is 2.66. The second-order valence-electron chi connectivity index (χ2n) is 10.5. The van der Waals surface area contributed by atoms with Crippen molar-refractivity contribution in [1.29, 1.82) is 0 Å². The van der Waals surface area contributed by atoms with Crippen molar-refractivity contribution in [3.8, 4) is 5.75 Å². The number of aromatic hydroxyl groups is 1. The molecule has 2 aromatic carbocycles. The summed E-state index contributed by atoms with van der Waals surface area (Å²) in [5.41, 5.74) is 1.46. The van der Waals surface area contributed by atoms with Gasteiger partial charge in [-0.05, 0) is 55.0 Å². The summed E-state index contributed by atoms with van der Waals surface area (Å²) < 4.78 is 13.7. The maximum atomic E-state index is 14.2. The normalized spacial score (nSPS) is 33.3. The summed E-state index contributed by atoms with van der Waals surface area (Å²) in [7, 11) is 0. The minimum Gasteiger partial charge on any atom is -0.507 e. The molecule has 4 amide bonds. The van der Waals surface area contributed by atoms with Crippen LogP contribution in [0, 0.1) is 23.6 Å². The molecule has 39 heavy (non-hydrogen) atoms. The lowest BCUT2D eigenvalue weighted by Crippen LogP contribution is -2.60. The molecule has 200 valence electrons. The number of phenols is 1. The van der Waals surface area contributed by atoms with Crippen molar-refractivity contribution in [3.05, 3.63) is 83.7 Å². The number of anilines is 1. The number of halogens is 3. The fraction of sp³-hybridized carbons (Fsp3) is 0.310. The minimum atomic E-state index is -2.10. The van der Waals surface area contributed by atoms with E-state index in [1.807, 2.05) is 0 Å². The number of para-hydroxylation sites is 1. The van der Waals surface area contributed by atoms with Crippen molar-refractivity contribution < 1.29 is 28.7 Å². The van der Waals surface area contributed by atoms with E-state index in [-0.39, 0.29) is 29.8 Å². The van der Waals surface area contributed by atoms with Crippen LogP contribution >= 0.6 is 23.2 Å². The third-order valence-electron chi connectivity index (χ3n) is 8.56. The molecule has 6 rings (SSSR count). The molecular weight excluding hydrogens is 546 g/mol. The van der Waals surface area contributed by atoms with E-state index >= 15 is 0 Å². The number of hydrogen-bond donors (Lipinski definition) is 2. The van der Waals surface area contributed by atoms with Crippen LogP contribution < -0.4 is 10.2 Å². The Morgan fingerprint density at radius 2 is 1.77 bits per heavy atom. The molecule has 2 saturated heterocycles. The molecule has 0 spiro atoms. The van der Waals surface area contributed by atoms with Crippen LogP contribution in [0.15, 0.2) is 66.8 Å². The van der Waals surface area contributed by atoms with Gasteiger partial charge in [0.15, 0.2) is 9.75 Å². The molecule has 2 heterocycles. The number of hydrogen-bond acceptors (Lipinski definition) is 5. The predicted molar refractivity (Wildman–Crippen MR) is 142 cm³/mol. The highest BCUT2D eigenvalue weighted by molar-refractivity contribution is 6.58. The quantitative estimate of drug-likeness (QED) is 0.328. The van der Waals surface area contributed by atoms with Crippen LogP contribution in [0.2, 0.25) is 0 Å². The van der Waals surface area contributed by atoms with E-state index in [2.05, 4.69) is 11.9 Å². The molecule has 1 saturated carbocycles. The molecule has 4 aliphatic rings. The summed E-state index contributed by atoms with van der Waals surface area (Å²) in [6, 6.07) is 9.81. The van der Waals surface area contributed by atoms with E-state index in [1.165, 1.54) is 12.1 Å². The van der Waals surface area contributed by atoms with E-state index in [9.17, 15) is 28.7 Å². The summed E-state index contributed by atoms with van der Waals surface area (Å²) in [6.45, 7) is 3.73. The molecule has 0 bridgehead atoms. The topological polar surface area (TPSA) is 104 Å². The van der Waals surface area contributed by atoms with E-state index in [4.69, 9.17) is 23.2 Å². The van der Waals surface area contributed by atoms with Crippen LogP contribution in [0.1, 0.15) is 29.9 Å². The van der Waals surface area contributed by atoms with Gasteiger partial charge in [0.2, 0.25) is 11.8 Å². The number of phenolic OH excluding ortho intramolecular Hbond substituents is 1. The van der Waals surface area contributed by atoms with Crippen molar-refractivity contribution in [2.45, 2.75) is 34.9 Å². The minimum absolute atomic E-state index is 0.0906. The average Bonchev–Trinajstić information content (AvgIpc) is 3.28. The van der Waals surface area contributed by atoms with E-state index < -0.39 is 62.9 Å². The number of carbonyl (C=O) groups excluding carboxylic acids is 4. The smallest absolute Gasteiger partial charge is 0.258 e. The molecule has 0 aromatic heterocycles. The third kappa shape index (κ3) is 3.34. The van der Waals surface area contributed by atoms with Crippen molar-refractivity contribution in [2.24, 2.45) is 17.8 Å². The van der Waals surface area contributed by atoms with E-state index in [1.54, 1.807) is 30.4 Å². The summed E-state index contributed by atoms with van der Waals surface area (Å²) in [5.74, 6) is -6.44. The number of imide groups is 2. The zero-order valence-corrected chi connectivity index (χ0v) is 22.0. The number of nitrogens with zero attached hydrogens (tertiary/aromatic N) is 1. The van der Waals surface area contributed by atoms with Gasteiger partial charge in [0.05, 0.1) is 17.5 Å². The van der Waals surface area contributed by atoms with Crippen molar-refractivity contribution in [3.63, 3.8) is 0 Å². The van der Waals surface area contributed by atoms with Crippen LogP contribution in [-0.2, 0) is 25.6 Å². The zero-order valence-electron chi connectivity index (χ0n) is 20.5. The molecular formula is C29H23Cl2FN2O5. The molecule has 3 fully saturated rings. The number of rotatable bonds is 4. The first kappa shape index (κ1) is 25.8. The lowest BCUT2D eigenvalue weighted by Gasteiger charge is -2.50. The van der Waals surface area contributed by atoms with Gasteiger partial charge in [0, 0.05) is 11.5 Å². The first-order valence-electron chi connectivity index (χ1n) is 12.5. The van der Waals surface area contributed by atoms with Gasteiger partial charge in [-0.25, -0.2) is 9.29 Å². The monoisotopic (exact) mass is 568 g/mol. The van der Waals surface area contributed by atoms with Crippen molar-refractivity contribution in [1.82, 2.24) is 5.32 Å². The van der Waals surface area contributed by atoms with Gasteiger partial charge in [0.25, 0.3) is 11.8 Å². The molecule has 0 radical (unpaired) electrons.